The van der Waals surface area contributed by atoms with E-state index in [0.717, 1.165) is 22.1 Å². The Bertz CT molecular complexity index is 963. The van der Waals surface area contributed by atoms with Crippen LogP contribution in [-0.4, -0.2) is 37.5 Å². The molecule has 1 aliphatic rings. The van der Waals surface area contributed by atoms with Crippen molar-refractivity contribution in [2.45, 2.75) is 26.2 Å². The van der Waals surface area contributed by atoms with E-state index >= 15 is 0 Å². The molecule has 1 N–H and O–H groups in total. The molecule has 31 heavy (non-hydrogen) atoms. The molecule has 1 heterocycles. The zero-order valence-corrected chi connectivity index (χ0v) is 17.2. The van der Waals surface area contributed by atoms with Crippen molar-refractivity contribution < 1.29 is 27.9 Å². The summed E-state index contributed by atoms with van der Waals surface area (Å²) in [7, 11) is 0. The van der Waals surface area contributed by atoms with Crippen molar-refractivity contribution in [1.29, 1.82) is 0 Å². The maximum Gasteiger partial charge on any atom is 0.311 e. The number of ether oxygens (including phenoxy) is 1. The lowest BCUT2D eigenvalue weighted by atomic mass is 10.1. The van der Waals surface area contributed by atoms with Crippen molar-refractivity contribution in [2.75, 3.05) is 24.6 Å². The molecule has 2 aromatic rings. The molecule has 0 bridgehead atoms. The first-order valence-corrected chi connectivity index (χ1v) is 10.1. The largest absolute Gasteiger partial charge is 0.464 e. The number of benzene rings is 2. The minimum atomic E-state index is -0.865. The number of carbonyl (C=O) groups excluding carboxylic acids is 3. The molecule has 2 amide bonds. The summed E-state index contributed by atoms with van der Waals surface area (Å²) >= 11 is 0. The van der Waals surface area contributed by atoms with Crippen LogP contribution in [0.15, 0.2) is 42.5 Å². The van der Waals surface area contributed by atoms with Gasteiger partial charge >= 0.3 is 5.97 Å². The topological polar surface area (TPSA) is 75.7 Å². The molecule has 0 aromatic heterocycles. The second-order valence-electron chi connectivity index (χ2n) is 7.50. The van der Waals surface area contributed by atoms with Gasteiger partial charge in [-0.1, -0.05) is 29.8 Å². The molecule has 0 radical (unpaired) electrons. The number of esters is 1. The summed E-state index contributed by atoms with van der Waals surface area (Å²) < 4.78 is 32.1. The van der Waals surface area contributed by atoms with Gasteiger partial charge in [0.15, 0.2) is 0 Å². The van der Waals surface area contributed by atoms with E-state index in [1.807, 2.05) is 31.2 Å². The zero-order valence-electron chi connectivity index (χ0n) is 17.2. The van der Waals surface area contributed by atoms with Gasteiger partial charge in [0.25, 0.3) is 0 Å². The Kier molecular flexibility index (Phi) is 7.33. The van der Waals surface area contributed by atoms with Gasteiger partial charge < -0.3 is 15.0 Å². The number of hydrogen-bond donors (Lipinski definition) is 1. The summed E-state index contributed by atoms with van der Waals surface area (Å²) in [5.74, 6) is -3.52. The van der Waals surface area contributed by atoms with Crippen LogP contribution in [0, 0.1) is 24.5 Å². The van der Waals surface area contributed by atoms with E-state index in [2.05, 4.69) is 5.32 Å². The molecule has 0 spiro atoms. The Morgan fingerprint density at radius 2 is 1.90 bits per heavy atom. The number of amides is 2. The van der Waals surface area contributed by atoms with Crippen molar-refractivity contribution >= 4 is 23.5 Å². The van der Waals surface area contributed by atoms with Crippen LogP contribution in [0.4, 0.5) is 14.5 Å². The van der Waals surface area contributed by atoms with Crippen molar-refractivity contribution in [3.8, 4) is 0 Å². The molecule has 0 aliphatic carbocycles. The van der Waals surface area contributed by atoms with Gasteiger partial charge in [-0.05, 0) is 31.0 Å². The third kappa shape index (κ3) is 6.10. The van der Waals surface area contributed by atoms with Gasteiger partial charge in [0.2, 0.25) is 11.8 Å². The maximum atomic E-state index is 13.9. The molecule has 8 heteroatoms. The molecule has 2 aromatic carbocycles. The highest BCUT2D eigenvalue weighted by molar-refractivity contribution is 5.99. The highest BCUT2D eigenvalue weighted by atomic mass is 19.1. The zero-order chi connectivity index (χ0) is 22.4. The fourth-order valence-electron chi connectivity index (χ4n) is 3.36. The molecular weight excluding hydrogens is 406 g/mol. The number of anilines is 1. The van der Waals surface area contributed by atoms with E-state index in [4.69, 9.17) is 4.74 Å². The van der Waals surface area contributed by atoms with E-state index in [-0.39, 0.29) is 37.7 Å². The summed E-state index contributed by atoms with van der Waals surface area (Å²) in [6.07, 6.45) is 0.830. The fraction of sp³-hybridized carbons (Fsp3) is 0.348. The second kappa shape index (κ2) is 10.1. The molecular formula is C23H24F2N2O4. The molecule has 1 fully saturated rings. The van der Waals surface area contributed by atoms with Crippen LogP contribution in [0.5, 0.6) is 0 Å². The van der Waals surface area contributed by atoms with Crippen molar-refractivity contribution in [3.63, 3.8) is 0 Å². The molecule has 1 unspecified atom stereocenters. The average Bonchev–Trinajstić information content (AvgIpc) is 3.12. The van der Waals surface area contributed by atoms with E-state index in [1.165, 1.54) is 6.07 Å². The number of hydrogen-bond acceptors (Lipinski definition) is 4. The molecule has 1 aliphatic heterocycles. The molecule has 1 atom stereocenters. The van der Waals surface area contributed by atoms with Crippen LogP contribution in [0.3, 0.4) is 0 Å². The predicted molar refractivity (Wildman–Crippen MR) is 110 cm³/mol. The first kappa shape index (κ1) is 22.4. The Hall–Kier alpha value is -3.29. The van der Waals surface area contributed by atoms with Crippen LogP contribution in [0.25, 0.3) is 0 Å². The van der Waals surface area contributed by atoms with Crippen molar-refractivity contribution in [2.24, 2.45) is 5.92 Å². The molecule has 6 nitrogen and oxygen atoms in total. The van der Waals surface area contributed by atoms with Crippen LogP contribution in [0.1, 0.15) is 24.0 Å². The number of nitrogens with one attached hydrogen (secondary N) is 1. The quantitative estimate of drug-likeness (QED) is 0.516. The van der Waals surface area contributed by atoms with Gasteiger partial charge in [0, 0.05) is 25.5 Å². The molecule has 164 valence electrons. The third-order valence-corrected chi connectivity index (χ3v) is 5.09. The summed E-state index contributed by atoms with van der Waals surface area (Å²) in [5.41, 5.74) is 2.16. The third-order valence-electron chi connectivity index (χ3n) is 5.09. The monoisotopic (exact) mass is 430 g/mol. The second-order valence-corrected chi connectivity index (χ2v) is 7.50. The standard InChI is InChI=1S/C23H24F2N2O4/c1-15-2-4-16(5-3-15)6-9-21(28)26-10-11-31-23(30)17-12-22(29)27(14-17)20-8-7-18(24)13-19(20)25/h2-5,7-8,13,17H,6,9-12,14H2,1H3,(H,26,28). The Labute approximate surface area is 179 Å². The molecule has 1 saturated heterocycles. The minimum absolute atomic E-state index is 0.0231. The van der Waals surface area contributed by atoms with E-state index in [9.17, 15) is 23.2 Å². The number of rotatable bonds is 8. The van der Waals surface area contributed by atoms with Gasteiger partial charge in [-0.3, -0.25) is 14.4 Å². The fourth-order valence-corrected chi connectivity index (χ4v) is 3.36. The maximum absolute atomic E-state index is 13.9. The summed E-state index contributed by atoms with van der Waals surface area (Å²) in [6, 6.07) is 10.9. The lowest BCUT2D eigenvalue weighted by Crippen LogP contribution is -2.30. The van der Waals surface area contributed by atoms with Gasteiger partial charge in [0.1, 0.15) is 18.2 Å². The van der Waals surface area contributed by atoms with Gasteiger partial charge in [-0.2, -0.15) is 0 Å². The number of nitrogens with zero attached hydrogens (tertiary/aromatic N) is 1. The lowest BCUT2D eigenvalue weighted by Gasteiger charge is -2.17. The normalized spacial score (nSPS) is 15.8. The minimum Gasteiger partial charge on any atom is -0.464 e. The Morgan fingerprint density at radius 3 is 2.61 bits per heavy atom. The van der Waals surface area contributed by atoms with E-state index in [1.54, 1.807) is 0 Å². The summed E-state index contributed by atoms with van der Waals surface area (Å²) in [6.45, 7) is 2.10. The molecule has 0 saturated carbocycles. The highest BCUT2D eigenvalue weighted by Crippen LogP contribution is 2.28. The first-order chi connectivity index (χ1) is 14.8. The van der Waals surface area contributed by atoms with E-state index in [0.29, 0.717) is 18.9 Å². The number of halogens is 2. The molecule has 3 rings (SSSR count). The van der Waals surface area contributed by atoms with E-state index < -0.39 is 29.4 Å². The van der Waals surface area contributed by atoms with Gasteiger partial charge in [0.05, 0.1) is 18.2 Å². The van der Waals surface area contributed by atoms with Crippen LogP contribution in [-0.2, 0) is 25.5 Å². The lowest BCUT2D eigenvalue weighted by molar-refractivity contribution is -0.148. The SMILES string of the molecule is Cc1ccc(CCC(=O)NCCOC(=O)C2CC(=O)N(c3ccc(F)cc3F)C2)cc1. The van der Waals surface area contributed by atoms with Crippen molar-refractivity contribution in [3.05, 3.63) is 65.2 Å². The first-order valence-electron chi connectivity index (χ1n) is 10.1. The number of aryl methyl sites for hydroxylation is 2. The van der Waals surface area contributed by atoms with Gasteiger partial charge in [-0.15, -0.1) is 0 Å². The predicted octanol–water partition coefficient (Wildman–Crippen LogP) is 2.92. The highest BCUT2D eigenvalue weighted by Gasteiger charge is 2.37. The average molecular weight is 430 g/mol. The Balaban J connectivity index is 1.38. The smallest absolute Gasteiger partial charge is 0.311 e. The van der Waals surface area contributed by atoms with Crippen LogP contribution < -0.4 is 10.2 Å². The summed E-state index contributed by atoms with van der Waals surface area (Å²) in [4.78, 5) is 37.4. The Morgan fingerprint density at radius 1 is 1.16 bits per heavy atom. The van der Waals surface area contributed by atoms with Crippen molar-refractivity contribution in [1.82, 2.24) is 5.32 Å². The van der Waals surface area contributed by atoms with Crippen LogP contribution in [0.2, 0.25) is 0 Å². The number of carbonyl (C=O) groups is 3. The summed E-state index contributed by atoms with van der Waals surface area (Å²) in [5, 5.41) is 2.69. The van der Waals surface area contributed by atoms with Crippen LogP contribution >= 0.6 is 0 Å². The van der Waals surface area contributed by atoms with Gasteiger partial charge in [-0.25, -0.2) is 8.78 Å².